The van der Waals surface area contributed by atoms with Crippen LogP contribution in [0, 0.1) is 5.92 Å². The van der Waals surface area contributed by atoms with Crippen molar-refractivity contribution in [2.24, 2.45) is 5.92 Å². The summed E-state index contributed by atoms with van der Waals surface area (Å²) in [6.45, 7) is 2.85. The second-order valence-corrected chi connectivity index (χ2v) is 7.63. The van der Waals surface area contributed by atoms with E-state index in [1.54, 1.807) is 14.2 Å². The number of nitrogens with one attached hydrogen (secondary N) is 1. The highest BCUT2D eigenvalue weighted by molar-refractivity contribution is 7.91. The third-order valence-electron chi connectivity index (χ3n) is 3.98. The molecule has 6 heteroatoms. The number of likely N-dealkylation sites (N-methyl/N-ethyl adjacent to an activating group) is 1. The zero-order valence-corrected chi connectivity index (χ0v) is 13.2. The molecular formula is C13H27NO4S. The van der Waals surface area contributed by atoms with Crippen molar-refractivity contribution in [3.05, 3.63) is 0 Å². The minimum Gasteiger partial charge on any atom is -0.354 e. The largest absolute Gasteiger partial charge is 0.354 e. The Morgan fingerprint density at radius 2 is 1.89 bits per heavy atom. The van der Waals surface area contributed by atoms with Gasteiger partial charge in [-0.25, -0.2) is 8.42 Å². The molecule has 0 aromatic carbocycles. The molecular weight excluding hydrogens is 266 g/mol. The smallest absolute Gasteiger partial charge is 0.172 e. The van der Waals surface area contributed by atoms with Crippen LogP contribution in [0.4, 0.5) is 0 Å². The molecule has 0 saturated heterocycles. The fraction of sp³-hybridized carbons (Fsp3) is 1.00. The number of rotatable bonds is 7. The predicted octanol–water partition coefficient (Wildman–Crippen LogP) is 1.19. The lowest BCUT2D eigenvalue weighted by Gasteiger charge is -2.37. The summed E-state index contributed by atoms with van der Waals surface area (Å²) < 4.78 is 34.2. The average Bonchev–Trinajstić information content (AvgIpc) is 2.38. The zero-order chi connectivity index (χ0) is 14.5. The van der Waals surface area contributed by atoms with E-state index < -0.39 is 9.84 Å². The lowest BCUT2D eigenvalue weighted by molar-refractivity contribution is -0.135. The van der Waals surface area contributed by atoms with E-state index in [-0.39, 0.29) is 23.5 Å². The molecule has 5 nitrogen and oxygen atoms in total. The van der Waals surface area contributed by atoms with Crippen molar-refractivity contribution < 1.29 is 17.9 Å². The van der Waals surface area contributed by atoms with Crippen molar-refractivity contribution in [2.75, 3.05) is 27.0 Å². The molecule has 1 saturated carbocycles. The van der Waals surface area contributed by atoms with Crippen LogP contribution in [0.3, 0.4) is 0 Å². The van der Waals surface area contributed by atoms with Gasteiger partial charge in [-0.3, -0.25) is 0 Å². The molecule has 1 aliphatic carbocycles. The summed E-state index contributed by atoms with van der Waals surface area (Å²) in [7, 11) is 0.285. The zero-order valence-electron chi connectivity index (χ0n) is 12.4. The first kappa shape index (κ1) is 16.9. The van der Waals surface area contributed by atoms with Crippen molar-refractivity contribution in [3.63, 3.8) is 0 Å². The molecule has 3 unspecified atom stereocenters. The molecule has 0 amide bonds. The van der Waals surface area contributed by atoms with Gasteiger partial charge in [-0.05, 0) is 31.7 Å². The minimum atomic E-state index is -2.96. The van der Waals surface area contributed by atoms with Gasteiger partial charge in [0, 0.05) is 20.5 Å². The van der Waals surface area contributed by atoms with Crippen LogP contribution in [-0.2, 0) is 19.3 Å². The van der Waals surface area contributed by atoms with Gasteiger partial charge < -0.3 is 14.8 Å². The highest BCUT2D eigenvalue weighted by Gasteiger charge is 2.36. The molecule has 0 aliphatic heterocycles. The minimum absolute atomic E-state index is 0.0459. The molecule has 0 radical (unpaired) electrons. The second kappa shape index (κ2) is 7.57. The van der Waals surface area contributed by atoms with Gasteiger partial charge in [-0.2, -0.15) is 0 Å². The van der Waals surface area contributed by atoms with Crippen molar-refractivity contribution in [1.29, 1.82) is 0 Å². The number of methoxy groups -OCH3 is 2. The van der Waals surface area contributed by atoms with Crippen molar-refractivity contribution in [3.8, 4) is 0 Å². The Kier molecular flexibility index (Phi) is 6.73. The molecule has 0 spiro atoms. The average molecular weight is 293 g/mol. The Morgan fingerprint density at radius 3 is 2.37 bits per heavy atom. The lowest BCUT2D eigenvalue weighted by Crippen LogP contribution is -2.49. The van der Waals surface area contributed by atoms with Gasteiger partial charge in [0.1, 0.15) is 9.84 Å². The van der Waals surface area contributed by atoms with E-state index in [1.807, 2.05) is 6.92 Å². The topological polar surface area (TPSA) is 64.6 Å². The third-order valence-corrected chi connectivity index (χ3v) is 5.62. The van der Waals surface area contributed by atoms with Gasteiger partial charge in [-0.15, -0.1) is 0 Å². The fourth-order valence-corrected chi connectivity index (χ4v) is 4.20. The van der Waals surface area contributed by atoms with Gasteiger partial charge in [0.25, 0.3) is 0 Å². The summed E-state index contributed by atoms with van der Waals surface area (Å²) in [4.78, 5) is 0. The Hall–Kier alpha value is -0.170. The molecule has 19 heavy (non-hydrogen) atoms. The molecule has 0 aromatic heterocycles. The molecule has 114 valence electrons. The fourth-order valence-electron chi connectivity index (χ4n) is 3.01. The first-order valence-electron chi connectivity index (χ1n) is 6.91. The van der Waals surface area contributed by atoms with Gasteiger partial charge >= 0.3 is 0 Å². The maximum absolute atomic E-state index is 11.7. The SMILES string of the molecule is CCNC(C1CCCC(S(C)(=O)=O)C1)C(OC)OC. The van der Waals surface area contributed by atoms with E-state index in [9.17, 15) is 8.42 Å². The van der Waals surface area contributed by atoms with Gasteiger partial charge in [0.2, 0.25) is 0 Å². The highest BCUT2D eigenvalue weighted by Crippen LogP contribution is 2.32. The normalized spacial score (nSPS) is 26.6. The molecule has 0 aromatic rings. The van der Waals surface area contributed by atoms with Crippen molar-refractivity contribution >= 4 is 9.84 Å². The van der Waals surface area contributed by atoms with Gasteiger partial charge in [0.15, 0.2) is 6.29 Å². The van der Waals surface area contributed by atoms with Crippen LogP contribution in [0.15, 0.2) is 0 Å². The molecule has 1 fully saturated rings. The summed E-state index contributed by atoms with van der Waals surface area (Å²) >= 11 is 0. The second-order valence-electron chi connectivity index (χ2n) is 5.30. The van der Waals surface area contributed by atoms with E-state index in [4.69, 9.17) is 9.47 Å². The van der Waals surface area contributed by atoms with Crippen LogP contribution in [0.5, 0.6) is 0 Å². The van der Waals surface area contributed by atoms with Crippen LogP contribution in [0.2, 0.25) is 0 Å². The van der Waals surface area contributed by atoms with Crippen LogP contribution in [-0.4, -0.2) is 53.0 Å². The van der Waals surface area contributed by atoms with E-state index in [0.29, 0.717) is 6.42 Å². The summed E-state index contributed by atoms with van der Waals surface area (Å²) in [5.74, 6) is 0.276. The van der Waals surface area contributed by atoms with E-state index in [0.717, 1.165) is 25.8 Å². The third kappa shape index (κ3) is 4.70. The van der Waals surface area contributed by atoms with E-state index >= 15 is 0 Å². The molecule has 0 bridgehead atoms. The summed E-state index contributed by atoms with van der Waals surface area (Å²) in [6, 6.07) is 0.0459. The van der Waals surface area contributed by atoms with Crippen LogP contribution in [0.1, 0.15) is 32.6 Å². The molecule has 3 atom stereocenters. The molecule has 1 rings (SSSR count). The summed E-state index contributed by atoms with van der Waals surface area (Å²) in [6.07, 6.45) is 4.45. The van der Waals surface area contributed by atoms with Gasteiger partial charge in [0.05, 0.1) is 11.3 Å². The van der Waals surface area contributed by atoms with Crippen molar-refractivity contribution in [2.45, 2.75) is 50.2 Å². The lowest BCUT2D eigenvalue weighted by atomic mass is 9.83. The quantitative estimate of drug-likeness (QED) is 0.714. The Balaban J connectivity index is 2.78. The molecule has 1 aliphatic rings. The monoisotopic (exact) mass is 293 g/mol. The van der Waals surface area contributed by atoms with Crippen LogP contribution < -0.4 is 5.32 Å². The Morgan fingerprint density at radius 1 is 1.26 bits per heavy atom. The van der Waals surface area contributed by atoms with Crippen LogP contribution in [0.25, 0.3) is 0 Å². The first-order chi connectivity index (χ1) is 8.93. The number of hydrogen-bond acceptors (Lipinski definition) is 5. The summed E-state index contributed by atoms with van der Waals surface area (Å²) in [5.41, 5.74) is 0. The maximum Gasteiger partial charge on any atom is 0.172 e. The standard InChI is InChI=1S/C13H27NO4S/c1-5-14-12(13(17-2)18-3)10-7-6-8-11(9-10)19(4,15)16/h10-14H,5-9H2,1-4H3. The van der Waals surface area contributed by atoms with Crippen LogP contribution >= 0.6 is 0 Å². The van der Waals surface area contributed by atoms with Crippen molar-refractivity contribution in [1.82, 2.24) is 5.32 Å². The number of sulfone groups is 1. The molecule has 0 heterocycles. The number of ether oxygens (including phenoxy) is 2. The Bertz CT molecular complexity index is 354. The first-order valence-corrected chi connectivity index (χ1v) is 8.87. The Labute approximate surface area is 117 Å². The maximum atomic E-state index is 11.7. The van der Waals surface area contributed by atoms with E-state index in [1.165, 1.54) is 6.26 Å². The summed E-state index contributed by atoms with van der Waals surface area (Å²) in [5, 5.41) is 3.16. The molecule has 1 N–H and O–H groups in total. The predicted molar refractivity (Wildman–Crippen MR) is 75.9 cm³/mol. The highest BCUT2D eigenvalue weighted by atomic mass is 32.2. The van der Waals surface area contributed by atoms with Gasteiger partial charge in [-0.1, -0.05) is 13.3 Å². The number of hydrogen-bond donors (Lipinski definition) is 1. The van der Waals surface area contributed by atoms with E-state index in [2.05, 4.69) is 5.32 Å².